The number of amides is 1. The molecule has 1 fully saturated rings. The van der Waals surface area contributed by atoms with Crippen LogP contribution in [0.25, 0.3) is 0 Å². The van der Waals surface area contributed by atoms with Gasteiger partial charge >= 0.3 is 0 Å². The Kier molecular flexibility index (Phi) is 5.67. The van der Waals surface area contributed by atoms with Crippen LogP contribution in [-0.4, -0.2) is 24.5 Å². The van der Waals surface area contributed by atoms with Gasteiger partial charge in [0.2, 0.25) is 5.91 Å². The van der Waals surface area contributed by atoms with E-state index in [0.29, 0.717) is 6.04 Å². The number of thiophene rings is 1. The Bertz CT molecular complexity index is 415. The molecule has 0 bridgehead atoms. The fourth-order valence-corrected chi connectivity index (χ4v) is 3.47. The third-order valence-electron chi connectivity index (χ3n) is 3.55. The van der Waals surface area contributed by atoms with Crippen LogP contribution in [0.2, 0.25) is 4.34 Å². The quantitative estimate of drug-likeness (QED) is 0.848. The Hall–Kier alpha value is -0.580. The summed E-state index contributed by atoms with van der Waals surface area (Å²) in [6.07, 6.45) is 5.66. The van der Waals surface area contributed by atoms with E-state index in [4.69, 9.17) is 11.6 Å². The first-order valence-electron chi connectivity index (χ1n) is 6.93. The highest BCUT2D eigenvalue weighted by Gasteiger charge is 2.20. The molecule has 1 saturated carbocycles. The maximum atomic E-state index is 12.0. The van der Waals surface area contributed by atoms with E-state index in [1.165, 1.54) is 17.7 Å². The fourth-order valence-electron chi connectivity index (χ4n) is 2.39. The van der Waals surface area contributed by atoms with Gasteiger partial charge in [-0.05, 0) is 38.3 Å². The molecule has 0 spiro atoms. The largest absolute Gasteiger partial charge is 0.352 e. The Labute approximate surface area is 123 Å². The zero-order valence-electron chi connectivity index (χ0n) is 11.2. The van der Waals surface area contributed by atoms with Crippen LogP contribution in [0, 0.1) is 0 Å². The smallest absolute Gasteiger partial charge is 0.237 e. The lowest BCUT2D eigenvalue weighted by Gasteiger charge is -2.17. The molecule has 0 aromatic carbocycles. The average molecular weight is 301 g/mol. The Morgan fingerprint density at radius 2 is 2.21 bits per heavy atom. The van der Waals surface area contributed by atoms with Crippen molar-refractivity contribution < 1.29 is 4.79 Å². The van der Waals surface area contributed by atoms with Crippen molar-refractivity contribution in [3.63, 3.8) is 0 Å². The third-order valence-corrected chi connectivity index (χ3v) is 4.84. The molecule has 0 aliphatic heterocycles. The summed E-state index contributed by atoms with van der Waals surface area (Å²) in [7, 11) is 0. The molecule has 2 N–H and O–H groups in total. The van der Waals surface area contributed by atoms with Gasteiger partial charge in [0.05, 0.1) is 10.4 Å². The van der Waals surface area contributed by atoms with Crippen LogP contribution in [0.4, 0.5) is 0 Å². The van der Waals surface area contributed by atoms with Crippen LogP contribution in [0.5, 0.6) is 0 Å². The fraction of sp³-hybridized carbons (Fsp3) is 0.643. The lowest BCUT2D eigenvalue weighted by atomic mass is 10.2. The van der Waals surface area contributed by atoms with E-state index < -0.39 is 0 Å². The molecule has 1 aromatic rings. The predicted octanol–water partition coefficient (Wildman–Crippen LogP) is 2.98. The minimum absolute atomic E-state index is 0.121. The maximum Gasteiger partial charge on any atom is 0.237 e. The molecule has 19 heavy (non-hydrogen) atoms. The first-order valence-corrected chi connectivity index (χ1v) is 8.12. The van der Waals surface area contributed by atoms with E-state index in [0.717, 1.165) is 30.1 Å². The van der Waals surface area contributed by atoms with Crippen molar-refractivity contribution in [2.45, 2.75) is 51.1 Å². The van der Waals surface area contributed by atoms with Gasteiger partial charge in [-0.25, -0.2) is 0 Å². The molecule has 1 amide bonds. The van der Waals surface area contributed by atoms with Crippen LogP contribution in [-0.2, 0) is 11.2 Å². The van der Waals surface area contributed by atoms with Gasteiger partial charge in [-0.15, -0.1) is 11.3 Å². The number of hydrogen-bond donors (Lipinski definition) is 2. The molecule has 5 heteroatoms. The number of nitrogens with one attached hydrogen (secondary N) is 2. The van der Waals surface area contributed by atoms with Crippen molar-refractivity contribution in [3.05, 3.63) is 21.3 Å². The second kappa shape index (κ2) is 7.27. The number of halogens is 1. The summed E-state index contributed by atoms with van der Waals surface area (Å²) in [4.78, 5) is 13.2. The molecular formula is C14H21ClN2OS. The van der Waals surface area contributed by atoms with Gasteiger partial charge in [0, 0.05) is 17.5 Å². The molecular weight excluding hydrogens is 280 g/mol. The summed E-state index contributed by atoms with van der Waals surface area (Å²) in [5.74, 6) is 0.121. The first kappa shape index (κ1) is 14.8. The van der Waals surface area contributed by atoms with Crippen molar-refractivity contribution in [3.8, 4) is 0 Å². The maximum absolute atomic E-state index is 12.0. The van der Waals surface area contributed by atoms with Gasteiger partial charge in [-0.2, -0.15) is 0 Å². The highest BCUT2D eigenvalue weighted by molar-refractivity contribution is 7.16. The monoisotopic (exact) mass is 300 g/mol. The summed E-state index contributed by atoms with van der Waals surface area (Å²) in [5, 5.41) is 6.38. The normalized spacial score (nSPS) is 17.6. The summed E-state index contributed by atoms with van der Waals surface area (Å²) < 4.78 is 0.821. The second-order valence-electron chi connectivity index (χ2n) is 5.12. The second-order valence-corrected chi connectivity index (χ2v) is 6.92. The summed E-state index contributed by atoms with van der Waals surface area (Å²) >= 11 is 7.48. The van der Waals surface area contributed by atoms with E-state index >= 15 is 0 Å². The molecule has 1 heterocycles. The van der Waals surface area contributed by atoms with Gasteiger partial charge in [0.15, 0.2) is 0 Å². The molecule has 1 aromatic heterocycles. The zero-order valence-corrected chi connectivity index (χ0v) is 12.8. The van der Waals surface area contributed by atoms with Gasteiger partial charge in [0.1, 0.15) is 0 Å². The molecule has 1 atom stereocenters. The standard InChI is InChI=1S/C14H21ClN2OS/c1-10(14(18)17-11-4-2-3-5-11)16-9-8-12-6-7-13(15)19-12/h6-7,10-11,16H,2-5,8-9H2,1H3,(H,17,18). The molecule has 0 radical (unpaired) electrons. The number of hydrogen-bond acceptors (Lipinski definition) is 3. The van der Waals surface area contributed by atoms with E-state index in [2.05, 4.69) is 10.6 Å². The topological polar surface area (TPSA) is 41.1 Å². The highest BCUT2D eigenvalue weighted by Crippen LogP contribution is 2.21. The van der Waals surface area contributed by atoms with E-state index in [1.54, 1.807) is 11.3 Å². The van der Waals surface area contributed by atoms with Crippen molar-refractivity contribution in [2.75, 3.05) is 6.54 Å². The van der Waals surface area contributed by atoms with Crippen LogP contribution in [0.15, 0.2) is 12.1 Å². The molecule has 3 nitrogen and oxygen atoms in total. The van der Waals surface area contributed by atoms with E-state index in [-0.39, 0.29) is 11.9 Å². The van der Waals surface area contributed by atoms with Crippen molar-refractivity contribution in [1.29, 1.82) is 0 Å². The molecule has 1 aliphatic rings. The van der Waals surface area contributed by atoms with Crippen molar-refractivity contribution in [2.24, 2.45) is 0 Å². The lowest BCUT2D eigenvalue weighted by Crippen LogP contribution is -2.46. The Morgan fingerprint density at radius 1 is 1.47 bits per heavy atom. The highest BCUT2D eigenvalue weighted by atomic mass is 35.5. The van der Waals surface area contributed by atoms with Crippen LogP contribution in [0.1, 0.15) is 37.5 Å². The third kappa shape index (κ3) is 4.79. The average Bonchev–Trinajstić information content (AvgIpc) is 3.01. The van der Waals surface area contributed by atoms with Crippen molar-refractivity contribution in [1.82, 2.24) is 10.6 Å². The molecule has 0 saturated heterocycles. The van der Waals surface area contributed by atoms with E-state index in [1.807, 2.05) is 19.1 Å². The zero-order chi connectivity index (χ0) is 13.7. The summed E-state index contributed by atoms with van der Waals surface area (Å²) in [5.41, 5.74) is 0. The minimum Gasteiger partial charge on any atom is -0.352 e. The SMILES string of the molecule is CC(NCCc1ccc(Cl)s1)C(=O)NC1CCCC1. The van der Waals surface area contributed by atoms with Crippen LogP contribution in [0.3, 0.4) is 0 Å². The Balaban J connectivity index is 1.65. The van der Waals surface area contributed by atoms with Crippen LogP contribution < -0.4 is 10.6 Å². The summed E-state index contributed by atoms with van der Waals surface area (Å²) in [6, 6.07) is 4.22. The predicted molar refractivity (Wildman–Crippen MR) is 80.9 cm³/mol. The number of carbonyl (C=O) groups excluding carboxylic acids is 1. The molecule has 106 valence electrons. The van der Waals surface area contributed by atoms with Crippen LogP contribution >= 0.6 is 22.9 Å². The number of rotatable bonds is 6. The van der Waals surface area contributed by atoms with Crippen molar-refractivity contribution >= 4 is 28.8 Å². The molecule has 1 unspecified atom stereocenters. The molecule has 2 rings (SSSR count). The Morgan fingerprint density at radius 3 is 2.84 bits per heavy atom. The van der Waals surface area contributed by atoms with Gasteiger partial charge in [0.25, 0.3) is 0 Å². The first-order chi connectivity index (χ1) is 9.15. The molecule has 1 aliphatic carbocycles. The van der Waals surface area contributed by atoms with Gasteiger partial charge in [-0.3, -0.25) is 4.79 Å². The summed E-state index contributed by atoms with van der Waals surface area (Å²) in [6.45, 7) is 2.72. The number of carbonyl (C=O) groups is 1. The minimum atomic E-state index is -0.129. The van der Waals surface area contributed by atoms with Gasteiger partial charge < -0.3 is 10.6 Å². The lowest BCUT2D eigenvalue weighted by molar-refractivity contribution is -0.123. The van der Waals surface area contributed by atoms with E-state index in [9.17, 15) is 4.79 Å². The van der Waals surface area contributed by atoms with Gasteiger partial charge in [-0.1, -0.05) is 24.4 Å².